The largest absolute Gasteiger partial charge is 0.494 e. The molecule has 0 atom stereocenters. The number of benzene rings is 2. The zero-order valence-electron chi connectivity index (χ0n) is 21.0. The standard InChI is InChI=1S/C26H28FN4O6P/c1-15-19(10-16-11-22(36-2)26(23(12-16)37-3)28-8-9-38(33,34)35)18-5-4-17(27)13-21(18)20(15)14-25(32)30-24-6-7-29-31-24/h4-7,10-13,28H,8-9,14H2,1-3H3,(H2,33,34,35)(H2,29,30,31,32). The first-order valence-corrected chi connectivity index (χ1v) is 13.4. The van der Waals surface area contributed by atoms with Crippen LogP contribution in [0.15, 0.2) is 48.2 Å². The Morgan fingerprint density at radius 2 is 1.84 bits per heavy atom. The van der Waals surface area contributed by atoms with Gasteiger partial charge in [0.05, 0.1) is 33.0 Å². The fourth-order valence-electron chi connectivity index (χ4n) is 4.34. The molecule has 0 saturated carbocycles. The molecule has 12 heteroatoms. The van der Waals surface area contributed by atoms with Crippen molar-refractivity contribution in [3.8, 4) is 11.5 Å². The first kappa shape index (κ1) is 27.1. The number of H-pyrrole nitrogens is 1. The summed E-state index contributed by atoms with van der Waals surface area (Å²) in [6, 6.07) is 9.64. The molecule has 10 nitrogen and oxygen atoms in total. The van der Waals surface area contributed by atoms with Crippen LogP contribution in [0.25, 0.3) is 17.2 Å². The summed E-state index contributed by atoms with van der Waals surface area (Å²) in [6.45, 7) is 1.90. The minimum atomic E-state index is -4.17. The molecule has 1 aliphatic carbocycles. The van der Waals surface area contributed by atoms with E-state index in [-0.39, 0.29) is 25.0 Å². The summed E-state index contributed by atoms with van der Waals surface area (Å²) in [5, 5.41) is 12.2. The minimum absolute atomic E-state index is 0.0161. The average Bonchev–Trinajstić information content (AvgIpc) is 3.45. The van der Waals surface area contributed by atoms with E-state index < -0.39 is 13.4 Å². The lowest BCUT2D eigenvalue weighted by atomic mass is 10.00. The molecule has 1 amide bonds. The smallest absolute Gasteiger partial charge is 0.327 e. The van der Waals surface area contributed by atoms with Gasteiger partial charge in [-0.15, -0.1) is 0 Å². The molecule has 1 aliphatic rings. The van der Waals surface area contributed by atoms with E-state index in [2.05, 4.69) is 20.8 Å². The Bertz CT molecular complexity index is 1440. The van der Waals surface area contributed by atoms with E-state index in [1.165, 1.54) is 32.5 Å². The predicted molar refractivity (Wildman–Crippen MR) is 144 cm³/mol. The molecule has 1 heterocycles. The normalized spacial score (nSPS) is 14.0. The van der Waals surface area contributed by atoms with Gasteiger partial charge in [0.1, 0.15) is 28.8 Å². The second kappa shape index (κ2) is 11.2. The van der Waals surface area contributed by atoms with E-state index >= 15 is 0 Å². The van der Waals surface area contributed by atoms with Crippen molar-refractivity contribution >= 4 is 42.2 Å². The van der Waals surface area contributed by atoms with Crippen LogP contribution in [0.5, 0.6) is 11.5 Å². The van der Waals surface area contributed by atoms with Gasteiger partial charge < -0.3 is 29.9 Å². The second-order valence-corrected chi connectivity index (χ2v) is 10.4. The lowest BCUT2D eigenvalue weighted by Crippen LogP contribution is -2.12. The maximum Gasteiger partial charge on any atom is 0.327 e. The van der Waals surface area contributed by atoms with E-state index in [4.69, 9.17) is 19.3 Å². The number of rotatable bonds is 10. The van der Waals surface area contributed by atoms with Crippen LogP contribution >= 0.6 is 7.60 Å². The van der Waals surface area contributed by atoms with E-state index in [9.17, 15) is 13.8 Å². The zero-order valence-corrected chi connectivity index (χ0v) is 21.9. The highest BCUT2D eigenvalue weighted by atomic mass is 31.2. The highest BCUT2D eigenvalue weighted by molar-refractivity contribution is 7.51. The van der Waals surface area contributed by atoms with Crippen LogP contribution in [-0.2, 0) is 9.36 Å². The zero-order chi connectivity index (χ0) is 27.4. The van der Waals surface area contributed by atoms with E-state index in [1.807, 2.05) is 13.0 Å². The third-order valence-electron chi connectivity index (χ3n) is 6.11. The minimum Gasteiger partial charge on any atom is -0.494 e. The molecule has 5 N–H and O–H groups in total. The number of allylic oxidation sites excluding steroid dienone is 2. The highest BCUT2D eigenvalue weighted by Crippen LogP contribution is 2.45. The number of halogens is 1. The molecule has 4 rings (SSSR count). The molecule has 0 radical (unpaired) electrons. The number of amides is 1. The molecule has 0 bridgehead atoms. The Hall–Kier alpha value is -3.92. The Morgan fingerprint density at radius 1 is 1.13 bits per heavy atom. The maximum atomic E-state index is 14.2. The molecule has 0 unspecified atom stereocenters. The van der Waals surface area contributed by atoms with Crippen molar-refractivity contribution in [3.05, 3.63) is 70.7 Å². The van der Waals surface area contributed by atoms with Crippen molar-refractivity contribution in [2.45, 2.75) is 13.3 Å². The number of ether oxygens (including phenoxy) is 2. The number of nitrogens with zero attached hydrogens (tertiary/aromatic N) is 1. The highest BCUT2D eigenvalue weighted by Gasteiger charge is 2.26. The summed E-state index contributed by atoms with van der Waals surface area (Å²) in [5.41, 5.74) is 4.95. The maximum absolute atomic E-state index is 14.2. The Labute approximate surface area is 218 Å². The van der Waals surface area contributed by atoms with E-state index in [0.717, 1.165) is 16.7 Å². The lowest BCUT2D eigenvalue weighted by molar-refractivity contribution is -0.115. The number of anilines is 2. The number of aromatic nitrogens is 2. The van der Waals surface area contributed by atoms with Gasteiger partial charge in [0.15, 0.2) is 0 Å². The molecule has 0 fully saturated rings. The first-order valence-electron chi connectivity index (χ1n) is 11.7. The van der Waals surface area contributed by atoms with Gasteiger partial charge in [0.25, 0.3) is 0 Å². The summed E-state index contributed by atoms with van der Waals surface area (Å²) in [5.74, 6) is 0.628. The quantitative estimate of drug-likeness (QED) is 0.235. The van der Waals surface area contributed by atoms with Crippen molar-refractivity contribution in [2.24, 2.45) is 0 Å². The SMILES string of the molecule is COc1cc(C=C2C(C)=C(CC(=O)Nc3ccn[nH]3)c3cc(F)ccc32)cc(OC)c1NCCP(=O)(O)O. The van der Waals surface area contributed by atoms with Gasteiger partial charge in [0.2, 0.25) is 5.91 Å². The molecule has 0 aliphatic heterocycles. The van der Waals surface area contributed by atoms with Gasteiger partial charge >= 0.3 is 7.60 Å². The summed E-state index contributed by atoms with van der Waals surface area (Å²) >= 11 is 0. The van der Waals surface area contributed by atoms with E-state index in [0.29, 0.717) is 39.7 Å². The number of aromatic amines is 1. The van der Waals surface area contributed by atoms with Crippen molar-refractivity contribution in [1.29, 1.82) is 0 Å². The second-order valence-electron chi connectivity index (χ2n) is 8.66. The number of carbonyl (C=O) groups is 1. The average molecular weight is 543 g/mol. The molecular formula is C26H28FN4O6P. The number of hydrogen-bond acceptors (Lipinski definition) is 6. The summed E-state index contributed by atoms with van der Waals surface area (Å²) in [7, 11) is -1.21. The third-order valence-corrected chi connectivity index (χ3v) is 6.92. The van der Waals surface area contributed by atoms with Crippen LogP contribution in [0.3, 0.4) is 0 Å². The Morgan fingerprint density at radius 3 is 2.45 bits per heavy atom. The van der Waals surface area contributed by atoms with Crippen molar-refractivity contribution in [2.75, 3.05) is 37.6 Å². The van der Waals surface area contributed by atoms with Gasteiger partial charge in [-0.05, 0) is 70.7 Å². The van der Waals surface area contributed by atoms with Crippen LogP contribution < -0.4 is 20.1 Å². The summed E-state index contributed by atoms with van der Waals surface area (Å²) < 4.78 is 36.5. The van der Waals surface area contributed by atoms with Gasteiger partial charge in [-0.1, -0.05) is 6.07 Å². The van der Waals surface area contributed by atoms with Gasteiger partial charge in [-0.2, -0.15) is 5.10 Å². The van der Waals surface area contributed by atoms with Crippen LogP contribution in [0.2, 0.25) is 0 Å². The van der Waals surface area contributed by atoms with Crippen LogP contribution in [0.1, 0.15) is 30.0 Å². The summed E-state index contributed by atoms with van der Waals surface area (Å²) in [4.78, 5) is 31.0. The molecule has 0 spiro atoms. The topological polar surface area (TPSA) is 146 Å². The molecule has 1 aromatic heterocycles. The predicted octanol–water partition coefficient (Wildman–Crippen LogP) is 4.51. The van der Waals surface area contributed by atoms with Gasteiger partial charge in [-0.3, -0.25) is 14.5 Å². The molecular weight excluding hydrogens is 514 g/mol. The molecule has 0 saturated heterocycles. The number of hydrogen-bond donors (Lipinski definition) is 5. The van der Waals surface area contributed by atoms with Crippen LogP contribution in [-0.4, -0.2) is 52.8 Å². The molecule has 3 aromatic rings. The molecule has 200 valence electrons. The van der Waals surface area contributed by atoms with Crippen LogP contribution in [0.4, 0.5) is 15.9 Å². The Balaban J connectivity index is 1.70. The van der Waals surface area contributed by atoms with Gasteiger partial charge in [-0.25, -0.2) is 4.39 Å². The van der Waals surface area contributed by atoms with Crippen molar-refractivity contribution in [3.63, 3.8) is 0 Å². The van der Waals surface area contributed by atoms with E-state index in [1.54, 1.807) is 24.3 Å². The van der Waals surface area contributed by atoms with Crippen LogP contribution in [0, 0.1) is 5.82 Å². The number of methoxy groups -OCH3 is 2. The monoisotopic (exact) mass is 542 g/mol. The molecule has 2 aromatic carbocycles. The first-order chi connectivity index (χ1) is 18.1. The summed E-state index contributed by atoms with van der Waals surface area (Å²) in [6.07, 6.45) is 3.12. The number of fused-ring (bicyclic) bond motifs is 1. The van der Waals surface area contributed by atoms with Crippen molar-refractivity contribution < 1.29 is 33.0 Å². The third kappa shape index (κ3) is 6.13. The fraction of sp³-hybridized carbons (Fsp3) is 0.231. The lowest BCUT2D eigenvalue weighted by Gasteiger charge is -2.17. The van der Waals surface area contributed by atoms with Gasteiger partial charge in [0, 0.05) is 12.6 Å². The molecule has 38 heavy (non-hydrogen) atoms. The number of carbonyl (C=O) groups excluding carboxylic acids is 1. The fourth-order valence-corrected chi connectivity index (χ4v) is 4.75. The number of nitrogens with one attached hydrogen (secondary N) is 3. The van der Waals surface area contributed by atoms with Crippen molar-refractivity contribution in [1.82, 2.24) is 10.2 Å². The Kier molecular flexibility index (Phi) is 8.01.